The van der Waals surface area contributed by atoms with E-state index in [1.165, 1.54) is 5.56 Å². The Morgan fingerprint density at radius 2 is 1.71 bits per heavy atom. The number of nitrogens with zero attached hydrogens (tertiary/aromatic N) is 4. The Kier molecular flexibility index (Phi) is 4.07. The lowest BCUT2D eigenvalue weighted by atomic mass is 10.2. The number of rotatable bonds is 4. The standard InChI is InChI=1S/C16H13ClN4/c17-14-8-4-5-9-15(14)19-20-16-18-10-11-21(16)12-13-6-2-1-3-7-13/h1-11H,12H2. The third-order valence-electron chi connectivity index (χ3n) is 2.99. The maximum absolute atomic E-state index is 6.05. The molecule has 0 unspecified atom stereocenters. The maximum atomic E-state index is 6.05. The van der Waals surface area contributed by atoms with Crippen LogP contribution in [0.1, 0.15) is 5.56 Å². The van der Waals surface area contributed by atoms with E-state index in [-0.39, 0.29) is 0 Å². The molecule has 5 heteroatoms. The first-order valence-electron chi connectivity index (χ1n) is 6.54. The summed E-state index contributed by atoms with van der Waals surface area (Å²) in [6.07, 6.45) is 3.60. The normalized spacial score (nSPS) is 11.1. The van der Waals surface area contributed by atoms with Gasteiger partial charge in [0.2, 0.25) is 5.95 Å². The second kappa shape index (κ2) is 6.33. The molecular formula is C16H13ClN4. The zero-order chi connectivity index (χ0) is 14.5. The number of azo groups is 1. The molecule has 0 saturated carbocycles. The molecule has 0 N–H and O–H groups in total. The highest BCUT2D eigenvalue weighted by Gasteiger charge is 2.03. The predicted molar refractivity (Wildman–Crippen MR) is 83.4 cm³/mol. The summed E-state index contributed by atoms with van der Waals surface area (Å²) in [6, 6.07) is 17.5. The Morgan fingerprint density at radius 1 is 0.952 bits per heavy atom. The molecule has 0 spiro atoms. The van der Waals surface area contributed by atoms with Crippen LogP contribution in [0.3, 0.4) is 0 Å². The van der Waals surface area contributed by atoms with Crippen LogP contribution in [0, 0.1) is 0 Å². The van der Waals surface area contributed by atoms with Gasteiger partial charge in [-0.3, -0.25) is 0 Å². The molecule has 3 aromatic rings. The summed E-state index contributed by atoms with van der Waals surface area (Å²) in [5, 5.41) is 8.92. The smallest absolute Gasteiger partial charge is 0.249 e. The number of aromatic nitrogens is 2. The molecule has 21 heavy (non-hydrogen) atoms. The number of hydrogen-bond acceptors (Lipinski definition) is 3. The number of hydrogen-bond donors (Lipinski definition) is 0. The fourth-order valence-electron chi connectivity index (χ4n) is 1.94. The maximum Gasteiger partial charge on any atom is 0.249 e. The van der Waals surface area contributed by atoms with Crippen LogP contribution in [0.5, 0.6) is 0 Å². The molecule has 3 rings (SSSR count). The molecule has 0 aliphatic carbocycles. The van der Waals surface area contributed by atoms with Crippen molar-refractivity contribution in [3.05, 3.63) is 77.6 Å². The molecule has 0 saturated heterocycles. The molecule has 104 valence electrons. The van der Waals surface area contributed by atoms with Gasteiger partial charge in [-0.25, -0.2) is 4.98 Å². The van der Waals surface area contributed by atoms with Gasteiger partial charge in [0.15, 0.2) is 0 Å². The van der Waals surface area contributed by atoms with E-state index >= 15 is 0 Å². The van der Waals surface area contributed by atoms with Crippen LogP contribution >= 0.6 is 11.6 Å². The molecule has 0 aliphatic heterocycles. The van der Waals surface area contributed by atoms with Gasteiger partial charge in [0.1, 0.15) is 5.69 Å². The second-order valence-corrected chi connectivity index (χ2v) is 4.90. The summed E-state index contributed by atoms with van der Waals surface area (Å²) in [7, 11) is 0. The monoisotopic (exact) mass is 296 g/mol. The van der Waals surface area contributed by atoms with Crippen LogP contribution in [0.4, 0.5) is 11.6 Å². The van der Waals surface area contributed by atoms with Crippen LogP contribution in [-0.4, -0.2) is 9.55 Å². The SMILES string of the molecule is Clc1ccccc1N=Nc1nccn1Cc1ccccc1. The van der Waals surface area contributed by atoms with Gasteiger partial charge >= 0.3 is 0 Å². The minimum atomic E-state index is 0.554. The molecule has 0 amide bonds. The topological polar surface area (TPSA) is 42.5 Å². The summed E-state index contributed by atoms with van der Waals surface area (Å²) in [5.41, 5.74) is 1.82. The molecule has 0 fully saturated rings. The van der Waals surface area contributed by atoms with E-state index in [1.807, 2.05) is 47.2 Å². The van der Waals surface area contributed by atoms with Crippen LogP contribution in [0.2, 0.25) is 5.02 Å². The zero-order valence-corrected chi connectivity index (χ0v) is 12.0. The van der Waals surface area contributed by atoms with E-state index in [1.54, 1.807) is 12.3 Å². The fraction of sp³-hybridized carbons (Fsp3) is 0.0625. The summed E-state index contributed by atoms with van der Waals surface area (Å²) in [4.78, 5) is 4.22. The molecule has 2 aromatic carbocycles. The van der Waals surface area contributed by atoms with Crippen molar-refractivity contribution in [3.63, 3.8) is 0 Å². The molecule has 1 heterocycles. The van der Waals surface area contributed by atoms with Gasteiger partial charge in [-0.2, -0.15) is 0 Å². The van der Waals surface area contributed by atoms with Crippen molar-refractivity contribution in [2.24, 2.45) is 10.2 Å². The first kappa shape index (κ1) is 13.5. The largest absolute Gasteiger partial charge is 0.310 e. The quantitative estimate of drug-likeness (QED) is 0.625. The minimum absolute atomic E-state index is 0.554. The second-order valence-electron chi connectivity index (χ2n) is 4.49. The van der Waals surface area contributed by atoms with E-state index < -0.39 is 0 Å². The van der Waals surface area contributed by atoms with Gasteiger partial charge in [-0.05, 0) is 17.7 Å². The molecule has 0 radical (unpaired) electrons. The van der Waals surface area contributed by atoms with Crippen molar-refractivity contribution >= 4 is 23.2 Å². The lowest BCUT2D eigenvalue weighted by molar-refractivity contribution is 0.791. The minimum Gasteiger partial charge on any atom is -0.310 e. The van der Waals surface area contributed by atoms with Gasteiger partial charge in [-0.1, -0.05) is 54.1 Å². The molecule has 0 aliphatic rings. The third kappa shape index (κ3) is 3.35. The average Bonchev–Trinajstić information content (AvgIpc) is 2.95. The summed E-state index contributed by atoms with van der Waals surface area (Å²) in [6.45, 7) is 0.706. The average molecular weight is 297 g/mol. The van der Waals surface area contributed by atoms with Gasteiger partial charge in [0.05, 0.1) is 11.6 Å². The Bertz CT molecular complexity index is 750. The molecular weight excluding hydrogens is 284 g/mol. The first-order chi connectivity index (χ1) is 10.3. The van der Waals surface area contributed by atoms with Crippen molar-refractivity contribution < 1.29 is 0 Å². The van der Waals surface area contributed by atoms with Crippen LogP contribution in [0.15, 0.2) is 77.2 Å². The van der Waals surface area contributed by atoms with Crippen molar-refractivity contribution in [1.29, 1.82) is 0 Å². The first-order valence-corrected chi connectivity index (χ1v) is 6.92. The van der Waals surface area contributed by atoms with Gasteiger partial charge in [0.25, 0.3) is 0 Å². The lowest BCUT2D eigenvalue weighted by Gasteiger charge is -2.04. The highest BCUT2D eigenvalue weighted by molar-refractivity contribution is 6.32. The van der Waals surface area contributed by atoms with Crippen molar-refractivity contribution in [2.45, 2.75) is 6.54 Å². The zero-order valence-electron chi connectivity index (χ0n) is 11.2. The van der Waals surface area contributed by atoms with E-state index in [2.05, 4.69) is 27.3 Å². The number of imidazole rings is 1. The molecule has 1 aromatic heterocycles. The third-order valence-corrected chi connectivity index (χ3v) is 3.31. The summed E-state index contributed by atoms with van der Waals surface area (Å²) < 4.78 is 1.94. The van der Waals surface area contributed by atoms with Crippen molar-refractivity contribution in [1.82, 2.24) is 9.55 Å². The van der Waals surface area contributed by atoms with Crippen molar-refractivity contribution in [3.8, 4) is 0 Å². The van der Waals surface area contributed by atoms with Crippen molar-refractivity contribution in [2.75, 3.05) is 0 Å². The summed E-state index contributed by atoms with van der Waals surface area (Å²) >= 11 is 6.05. The van der Waals surface area contributed by atoms with Crippen LogP contribution in [-0.2, 0) is 6.54 Å². The van der Waals surface area contributed by atoms with Gasteiger partial charge in [0, 0.05) is 12.4 Å². The predicted octanol–water partition coefficient (Wildman–Crippen LogP) is 5.00. The molecule has 4 nitrogen and oxygen atoms in total. The number of halogens is 1. The van der Waals surface area contributed by atoms with Gasteiger partial charge in [-0.15, -0.1) is 10.2 Å². The van der Waals surface area contributed by atoms with E-state index in [4.69, 9.17) is 11.6 Å². The lowest BCUT2D eigenvalue weighted by Crippen LogP contribution is -1.97. The molecule has 0 bridgehead atoms. The summed E-state index contributed by atoms with van der Waals surface area (Å²) in [5.74, 6) is 0.554. The Morgan fingerprint density at radius 3 is 2.52 bits per heavy atom. The van der Waals surface area contributed by atoms with E-state index in [0.29, 0.717) is 23.2 Å². The highest BCUT2D eigenvalue weighted by Crippen LogP contribution is 2.25. The molecule has 0 atom stereocenters. The van der Waals surface area contributed by atoms with Gasteiger partial charge < -0.3 is 4.57 Å². The Labute approximate surface area is 127 Å². The van der Waals surface area contributed by atoms with E-state index in [0.717, 1.165) is 0 Å². The van der Waals surface area contributed by atoms with Crippen LogP contribution < -0.4 is 0 Å². The number of benzene rings is 2. The highest BCUT2D eigenvalue weighted by atomic mass is 35.5. The fourth-order valence-corrected chi connectivity index (χ4v) is 2.11. The van der Waals surface area contributed by atoms with E-state index in [9.17, 15) is 0 Å². The van der Waals surface area contributed by atoms with Crippen LogP contribution in [0.25, 0.3) is 0 Å². The Hall–Kier alpha value is -2.46. The Balaban J connectivity index is 1.81.